The van der Waals surface area contributed by atoms with Crippen LogP contribution in [0.25, 0.3) is 11.1 Å². The van der Waals surface area contributed by atoms with E-state index in [-0.39, 0.29) is 12.3 Å². The summed E-state index contributed by atoms with van der Waals surface area (Å²) in [7, 11) is 1.48. The Hall–Kier alpha value is -3.75. The number of hydrogen-bond donors (Lipinski definition) is 2. The first-order valence-corrected chi connectivity index (χ1v) is 9.52. The number of nitrogens with one attached hydrogen (secondary N) is 2. The monoisotopic (exact) mass is 413 g/mol. The van der Waals surface area contributed by atoms with Crippen molar-refractivity contribution < 1.29 is 23.5 Å². The molecule has 0 bridgehead atoms. The molecule has 0 unspecified atom stereocenters. The Kier molecular flexibility index (Phi) is 6.74. The second-order valence-electron chi connectivity index (χ2n) is 6.39. The van der Waals surface area contributed by atoms with E-state index in [1.54, 1.807) is 30.3 Å². The Morgan fingerprint density at radius 2 is 1.90 bits per heavy atom. The van der Waals surface area contributed by atoms with Gasteiger partial charge in [-0.3, -0.25) is 25.0 Å². The number of benzene rings is 2. The van der Waals surface area contributed by atoms with Gasteiger partial charge >= 0.3 is 5.76 Å². The van der Waals surface area contributed by atoms with Crippen LogP contribution in [0.3, 0.4) is 0 Å². The maximum Gasteiger partial charge on any atom is 0.419 e. The molecular weight excluding hydrogens is 390 g/mol. The Balaban J connectivity index is 1.50. The summed E-state index contributed by atoms with van der Waals surface area (Å²) in [6.07, 6.45) is 0.529. The molecule has 2 aromatic carbocycles. The summed E-state index contributed by atoms with van der Waals surface area (Å²) in [4.78, 5) is 36.2. The van der Waals surface area contributed by atoms with Crippen LogP contribution in [0, 0.1) is 0 Å². The highest BCUT2D eigenvalue weighted by Gasteiger charge is 2.13. The van der Waals surface area contributed by atoms with Gasteiger partial charge in [0.05, 0.1) is 19.2 Å². The average molecular weight is 413 g/mol. The zero-order valence-corrected chi connectivity index (χ0v) is 16.8. The van der Waals surface area contributed by atoms with E-state index >= 15 is 0 Å². The van der Waals surface area contributed by atoms with Crippen molar-refractivity contribution in [3.63, 3.8) is 0 Å². The molecule has 0 saturated heterocycles. The van der Waals surface area contributed by atoms with E-state index in [2.05, 4.69) is 10.9 Å². The second-order valence-corrected chi connectivity index (χ2v) is 6.39. The zero-order valence-electron chi connectivity index (χ0n) is 16.8. The van der Waals surface area contributed by atoms with Crippen LogP contribution in [0.1, 0.15) is 30.1 Å². The maximum absolute atomic E-state index is 12.3. The number of amides is 2. The molecule has 9 heteroatoms. The number of fused-ring (bicyclic) bond motifs is 1. The maximum atomic E-state index is 12.3. The fourth-order valence-corrected chi connectivity index (χ4v) is 2.97. The number of aryl methyl sites for hydroxylation is 1. The first kappa shape index (κ1) is 21.0. The summed E-state index contributed by atoms with van der Waals surface area (Å²) in [5, 5.41) is 0. The largest absolute Gasteiger partial charge is 0.493 e. The predicted octanol–water partition coefficient (Wildman–Crippen LogP) is 2.24. The van der Waals surface area contributed by atoms with Gasteiger partial charge < -0.3 is 13.9 Å². The van der Waals surface area contributed by atoms with Crippen molar-refractivity contribution in [3.8, 4) is 11.5 Å². The van der Waals surface area contributed by atoms with Gasteiger partial charge in [-0.1, -0.05) is 12.1 Å². The molecule has 0 radical (unpaired) electrons. The smallest absolute Gasteiger partial charge is 0.419 e. The van der Waals surface area contributed by atoms with Crippen LogP contribution >= 0.6 is 0 Å². The highest BCUT2D eigenvalue weighted by atomic mass is 16.5. The van der Waals surface area contributed by atoms with Crippen molar-refractivity contribution in [2.45, 2.75) is 26.3 Å². The molecule has 0 aliphatic carbocycles. The molecule has 0 spiro atoms. The van der Waals surface area contributed by atoms with Crippen LogP contribution in [-0.4, -0.2) is 30.1 Å². The first-order valence-electron chi connectivity index (χ1n) is 9.52. The van der Waals surface area contributed by atoms with Gasteiger partial charge in [0.15, 0.2) is 17.1 Å². The topological polar surface area (TPSA) is 112 Å². The third-order valence-corrected chi connectivity index (χ3v) is 4.40. The minimum Gasteiger partial charge on any atom is -0.493 e. The predicted molar refractivity (Wildman–Crippen MR) is 109 cm³/mol. The summed E-state index contributed by atoms with van der Waals surface area (Å²) in [5.74, 6) is -0.366. The van der Waals surface area contributed by atoms with Gasteiger partial charge in [0, 0.05) is 18.5 Å². The van der Waals surface area contributed by atoms with Crippen LogP contribution < -0.4 is 26.1 Å². The first-order chi connectivity index (χ1) is 14.5. The van der Waals surface area contributed by atoms with Crippen molar-refractivity contribution in [1.82, 2.24) is 15.4 Å². The molecule has 9 nitrogen and oxygen atoms in total. The van der Waals surface area contributed by atoms with E-state index in [0.717, 1.165) is 0 Å². The van der Waals surface area contributed by atoms with Crippen LogP contribution in [0.15, 0.2) is 51.7 Å². The SMILES string of the molecule is CCOc1ccc(C(=O)NNC(=O)CCCn2c(=O)oc3ccccc32)cc1OC. The number of nitrogens with zero attached hydrogens (tertiary/aromatic N) is 1. The summed E-state index contributed by atoms with van der Waals surface area (Å²) in [6.45, 7) is 2.65. The summed E-state index contributed by atoms with van der Waals surface area (Å²) in [6, 6.07) is 11.8. The molecule has 2 amide bonds. The Morgan fingerprint density at radius 3 is 2.67 bits per heavy atom. The molecular formula is C21H23N3O6. The Labute approximate surface area is 172 Å². The van der Waals surface area contributed by atoms with E-state index in [1.807, 2.05) is 13.0 Å². The van der Waals surface area contributed by atoms with E-state index in [0.29, 0.717) is 47.7 Å². The molecule has 0 fully saturated rings. The molecule has 1 aromatic heterocycles. The molecule has 0 atom stereocenters. The minimum atomic E-state index is -0.484. The number of rotatable bonds is 8. The van der Waals surface area contributed by atoms with Crippen molar-refractivity contribution in [3.05, 3.63) is 58.6 Å². The lowest BCUT2D eigenvalue weighted by atomic mass is 10.2. The number of oxazole rings is 1. The number of methoxy groups -OCH3 is 1. The van der Waals surface area contributed by atoms with E-state index in [9.17, 15) is 14.4 Å². The molecule has 0 aliphatic rings. The molecule has 3 rings (SSSR count). The lowest BCUT2D eigenvalue weighted by Gasteiger charge is -2.11. The standard InChI is InChI=1S/C21H23N3O6/c1-3-29-17-11-10-14(13-18(17)28-2)20(26)23-22-19(25)9-6-12-24-15-7-4-5-8-16(15)30-21(24)27/h4-5,7-8,10-11,13H,3,6,9,12H2,1-2H3,(H,22,25)(H,23,26). The summed E-state index contributed by atoms with van der Waals surface area (Å²) in [5.41, 5.74) is 6.23. The van der Waals surface area contributed by atoms with Gasteiger partial charge in [0.1, 0.15) is 0 Å². The van der Waals surface area contributed by atoms with Crippen LogP contribution in [-0.2, 0) is 11.3 Å². The van der Waals surface area contributed by atoms with Gasteiger partial charge in [-0.15, -0.1) is 0 Å². The van der Waals surface area contributed by atoms with Gasteiger partial charge in [-0.25, -0.2) is 4.79 Å². The van der Waals surface area contributed by atoms with Crippen LogP contribution in [0.4, 0.5) is 0 Å². The lowest BCUT2D eigenvalue weighted by molar-refractivity contribution is -0.122. The highest BCUT2D eigenvalue weighted by molar-refractivity contribution is 5.96. The Morgan fingerprint density at radius 1 is 1.10 bits per heavy atom. The number of para-hydroxylation sites is 2. The second kappa shape index (κ2) is 9.64. The van der Waals surface area contributed by atoms with Crippen LogP contribution in [0.5, 0.6) is 11.5 Å². The average Bonchev–Trinajstić information content (AvgIpc) is 3.07. The van der Waals surface area contributed by atoms with Crippen molar-refractivity contribution >= 4 is 22.9 Å². The highest BCUT2D eigenvalue weighted by Crippen LogP contribution is 2.27. The molecule has 1 heterocycles. The van der Waals surface area contributed by atoms with E-state index < -0.39 is 11.7 Å². The lowest BCUT2D eigenvalue weighted by Crippen LogP contribution is -2.41. The fraction of sp³-hybridized carbons (Fsp3) is 0.286. The van der Waals surface area contributed by atoms with Gasteiger partial charge in [-0.2, -0.15) is 0 Å². The third kappa shape index (κ3) is 4.80. The molecule has 2 N–H and O–H groups in total. The van der Waals surface area contributed by atoms with Crippen molar-refractivity contribution in [1.29, 1.82) is 0 Å². The number of carbonyl (C=O) groups excluding carboxylic acids is 2. The van der Waals surface area contributed by atoms with E-state index in [1.165, 1.54) is 17.7 Å². The zero-order chi connectivity index (χ0) is 21.5. The summed E-state index contributed by atoms with van der Waals surface area (Å²) < 4.78 is 17.3. The van der Waals surface area contributed by atoms with Crippen molar-refractivity contribution in [2.75, 3.05) is 13.7 Å². The third-order valence-electron chi connectivity index (χ3n) is 4.40. The molecule has 3 aromatic rings. The van der Waals surface area contributed by atoms with Crippen molar-refractivity contribution in [2.24, 2.45) is 0 Å². The number of aromatic nitrogens is 1. The Bertz CT molecular complexity index is 1100. The van der Waals surface area contributed by atoms with E-state index in [4.69, 9.17) is 13.9 Å². The summed E-state index contributed by atoms with van der Waals surface area (Å²) >= 11 is 0. The van der Waals surface area contributed by atoms with Gasteiger partial charge in [0.2, 0.25) is 5.91 Å². The fourth-order valence-electron chi connectivity index (χ4n) is 2.97. The number of carbonyl (C=O) groups is 2. The molecule has 30 heavy (non-hydrogen) atoms. The quantitative estimate of drug-likeness (QED) is 0.548. The van der Waals surface area contributed by atoms with Gasteiger partial charge in [0.25, 0.3) is 5.91 Å². The molecule has 0 aliphatic heterocycles. The van der Waals surface area contributed by atoms with Gasteiger partial charge in [-0.05, 0) is 43.7 Å². The normalized spacial score (nSPS) is 10.6. The van der Waals surface area contributed by atoms with Crippen LogP contribution in [0.2, 0.25) is 0 Å². The number of ether oxygens (including phenoxy) is 2. The molecule has 158 valence electrons. The number of hydrazine groups is 1. The number of hydrogen-bond acceptors (Lipinski definition) is 6. The minimum absolute atomic E-state index is 0.124. The molecule has 0 saturated carbocycles.